The zero-order chi connectivity index (χ0) is 24.6. The number of carbonyl (C=O) groups is 4. The van der Waals surface area contributed by atoms with E-state index in [1.807, 2.05) is 5.32 Å². The van der Waals surface area contributed by atoms with E-state index < -0.39 is 66.2 Å². The van der Waals surface area contributed by atoms with Gasteiger partial charge in [0.2, 0.25) is 17.7 Å². The maximum atomic E-state index is 12.6. The van der Waals surface area contributed by atoms with Crippen molar-refractivity contribution < 1.29 is 39.6 Å². The summed E-state index contributed by atoms with van der Waals surface area (Å²) >= 11 is 0. The number of rotatable bonds is 12. The molecule has 180 valence electrons. The van der Waals surface area contributed by atoms with Crippen molar-refractivity contribution in [2.24, 2.45) is 5.73 Å². The molecule has 0 aliphatic rings. The molecule has 0 radical (unpaired) electrons. The van der Waals surface area contributed by atoms with E-state index in [0.717, 1.165) is 6.92 Å². The largest absolute Gasteiger partial charge is 0.480 e. The fraction of sp³-hybridized carbons (Fsp3) is 0.611. The van der Waals surface area contributed by atoms with E-state index in [-0.39, 0.29) is 6.42 Å². The molecule has 0 bridgehead atoms. The molecule has 1 heterocycles. The van der Waals surface area contributed by atoms with Crippen molar-refractivity contribution in [2.75, 3.05) is 0 Å². The Balaban J connectivity index is 2.87. The number of nitrogens with two attached hydrogens (primary N) is 1. The first-order chi connectivity index (χ1) is 14.8. The average Bonchev–Trinajstić information content (AvgIpc) is 3.19. The molecular weight excluding hydrogens is 428 g/mol. The molecule has 0 aromatic carbocycles. The highest BCUT2D eigenvalue weighted by Crippen LogP contribution is 2.03. The van der Waals surface area contributed by atoms with Gasteiger partial charge in [-0.1, -0.05) is 0 Å². The number of amides is 3. The normalized spacial score (nSPS) is 17.7. The second-order valence-electron chi connectivity index (χ2n) is 7.41. The van der Waals surface area contributed by atoms with Gasteiger partial charge >= 0.3 is 5.97 Å². The number of hydrogen-bond acceptors (Lipinski definition) is 9. The summed E-state index contributed by atoms with van der Waals surface area (Å²) in [6.45, 7) is 3.52. The molecule has 10 N–H and O–H groups in total. The summed E-state index contributed by atoms with van der Waals surface area (Å²) in [6.07, 6.45) is -1.39. The van der Waals surface area contributed by atoms with E-state index in [4.69, 9.17) is 10.8 Å². The van der Waals surface area contributed by atoms with Crippen molar-refractivity contribution in [3.8, 4) is 0 Å². The van der Waals surface area contributed by atoms with Crippen LogP contribution in [0.25, 0.3) is 0 Å². The molecule has 32 heavy (non-hydrogen) atoms. The summed E-state index contributed by atoms with van der Waals surface area (Å²) in [4.78, 5) is 55.1. The molecule has 7 unspecified atom stereocenters. The van der Waals surface area contributed by atoms with Crippen molar-refractivity contribution in [2.45, 2.75) is 69.7 Å². The zero-order valence-corrected chi connectivity index (χ0v) is 17.8. The van der Waals surface area contributed by atoms with Gasteiger partial charge in [-0.25, -0.2) is 9.78 Å². The Labute approximate surface area is 183 Å². The number of carbonyl (C=O) groups excluding carboxylic acids is 3. The lowest BCUT2D eigenvalue weighted by Gasteiger charge is -2.28. The van der Waals surface area contributed by atoms with Gasteiger partial charge < -0.3 is 47.1 Å². The summed E-state index contributed by atoms with van der Waals surface area (Å²) in [7, 11) is 0. The second kappa shape index (κ2) is 12.1. The number of aromatic nitrogens is 2. The Morgan fingerprint density at radius 1 is 0.906 bits per heavy atom. The first kappa shape index (κ1) is 27.0. The molecule has 3 amide bonds. The van der Waals surface area contributed by atoms with Crippen LogP contribution in [0, 0.1) is 0 Å². The SMILES string of the molecule is CC(O)C(NC(=O)C(NC(=O)C(NC(=O)C(N)Cc1cnc[nH]1)C(C)O)C(C)O)C(=O)O. The van der Waals surface area contributed by atoms with E-state index in [0.29, 0.717) is 5.69 Å². The van der Waals surface area contributed by atoms with Crippen molar-refractivity contribution in [3.63, 3.8) is 0 Å². The van der Waals surface area contributed by atoms with Crippen LogP contribution in [0.5, 0.6) is 0 Å². The second-order valence-corrected chi connectivity index (χ2v) is 7.41. The van der Waals surface area contributed by atoms with Crippen LogP contribution in [0.2, 0.25) is 0 Å². The summed E-state index contributed by atoms with van der Waals surface area (Å²) in [5.41, 5.74) is 6.38. The minimum absolute atomic E-state index is 0.0780. The van der Waals surface area contributed by atoms with E-state index in [1.165, 1.54) is 26.4 Å². The van der Waals surface area contributed by atoms with Gasteiger partial charge in [-0.3, -0.25) is 14.4 Å². The highest BCUT2D eigenvalue weighted by atomic mass is 16.4. The molecule has 1 aromatic rings. The van der Waals surface area contributed by atoms with Crippen molar-refractivity contribution in [3.05, 3.63) is 18.2 Å². The minimum atomic E-state index is -1.69. The number of aliphatic hydroxyl groups is 3. The summed E-state index contributed by atoms with van der Waals surface area (Å²) < 4.78 is 0. The lowest BCUT2D eigenvalue weighted by atomic mass is 10.1. The average molecular weight is 458 g/mol. The van der Waals surface area contributed by atoms with Gasteiger partial charge in [0.25, 0.3) is 0 Å². The predicted molar refractivity (Wildman–Crippen MR) is 109 cm³/mol. The number of aliphatic carboxylic acids is 1. The van der Waals surface area contributed by atoms with E-state index in [2.05, 4.69) is 20.6 Å². The number of carboxylic acid groups (broad SMARTS) is 1. The van der Waals surface area contributed by atoms with Gasteiger partial charge in [0.1, 0.15) is 12.1 Å². The summed E-state index contributed by atoms with van der Waals surface area (Å²) in [6, 6.07) is -5.94. The van der Waals surface area contributed by atoms with Crippen LogP contribution in [-0.4, -0.2) is 96.6 Å². The Hall–Kier alpha value is -3.07. The maximum Gasteiger partial charge on any atom is 0.328 e. The topological polar surface area (TPSA) is 240 Å². The molecular formula is C18H30N6O8. The maximum absolute atomic E-state index is 12.6. The number of imidazole rings is 1. The van der Waals surface area contributed by atoms with Crippen LogP contribution in [0.1, 0.15) is 26.5 Å². The van der Waals surface area contributed by atoms with Crippen LogP contribution in [0.3, 0.4) is 0 Å². The number of nitrogens with one attached hydrogen (secondary N) is 4. The third-order valence-corrected chi connectivity index (χ3v) is 4.50. The number of aliphatic hydroxyl groups excluding tert-OH is 3. The third-order valence-electron chi connectivity index (χ3n) is 4.50. The number of H-pyrrole nitrogens is 1. The molecule has 0 fully saturated rings. The zero-order valence-electron chi connectivity index (χ0n) is 17.8. The summed E-state index contributed by atoms with van der Waals surface area (Å²) in [5.74, 6) is -4.40. The van der Waals surface area contributed by atoms with Gasteiger partial charge in [-0.05, 0) is 20.8 Å². The van der Waals surface area contributed by atoms with E-state index in [1.54, 1.807) is 0 Å². The standard InChI is InChI=1S/C18H30N6O8/c1-7(25)12(22-15(28)11(19)4-10-5-20-6-21-10)16(29)23-13(8(2)26)17(30)24-14(9(3)27)18(31)32/h5-9,11-14,25-27H,4,19H2,1-3H3,(H,20,21)(H,22,28)(H,23,29)(H,24,30)(H,31,32). The fourth-order valence-electron chi connectivity index (χ4n) is 2.67. The lowest BCUT2D eigenvalue weighted by Crippen LogP contribution is -2.62. The quantitative estimate of drug-likeness (QED) is 0.147. The van der Waals surface area contributed by atoms with Gasteiger partial charge in [0.05, 0.1) is 30.7 Å². The molecule has 0 saturated carbocycles. The first-order valence-electron chi connectivity index (χ1n) is 9.76. The monoisotopic (exact) mass is 458 g/mol. The molecule has 14 nitrogen and oxygen atoms in total. The highest BCUT2D eigenvalue weighted by molar-refractivity contribution is 5.94. The summed E-state index contributed by atoms with van der Waals surface area (Å²) in [5, 5.41) is 44.9. The molecule has 0 aliphatic carbocycles. The van der Waals surface area contributed by atoms with Crippen LogP contribution in [0.15, 0.2) is 12.5 Å². The van der Waals surface area contributed by atoms with Crippen LogP contribution < -0.4 is 21.7 Å². The molecule has 7 atom stereocenters. The number of aromatic amines is 1. The van der Waals surface area contributed by atoms with Gasteiger partial charge in [-0.15, -0.1) is 0 Å². The van der Waals surface area contributed by atoms with Crippen molar-refractivity contribution >= 4 is 23.7 Å². The van der Waals surface area contributed by atoms with Gasteiger partial charge in [0.15, 0.2) is 6.04 Å². The predicted octanol–water partition coefficient (Wildman–Crippen LogP) is -4.04. The number of nitrogens with zero attached hydrogens (tertiary/aromatic N) is 1. The Bertz CT molecular complexity index is 782. The van der Waals surface area contributed by atoms with Crippen LogP contribution in [0.4, 0.5) is 0 Å². The minimum Gasteiger partial charge on any atom is -0.480 e. The smallest absolute Gasteiger partial charge is 0.328 e. The van der Waals surface area contributed by atoms with Crippen LogP contribution >= 0.6 is 0 Å². The van der Waals surface area contributed by atoms with Crippen molar-refractivity contribution in [1.82, 2.24) is 25.9 Å². The highest BCUT2D eigenvalue weighted by Gasteiger charge is 2.35. The van der Waals surface area contributed by atoms with E-state index >= 15 is 0 Å². The Morgan fingerprint density at radius 3 is 1.72 bits per heavy atom. The number of carboxylic acids is 1. The number of hydrogen-bond donors (Lipinski definition) is 9. The molecule has 1 rings (SSSR count). The molecule has 0 saturated heterocycles. The molecule has 1 aromatic heterocycles. The van der Waals surface area contributed by atoms with Gasteiger partial charge in [0, 0.05) is 18.3 Å². The van der Waals surface area contributed by atoms with Crippen molar-refractivity contribution in [1.29, 1.82) is 0 Å². The lowest BCUT2D eigenvalue weighted by molar-refractivity contribution is -0.146. The third kappa shape index (κ3) is 7.88. The van der Waals surface area contributed by atoms with Gasteiger partial charge in [-0.2, -0.15) is 0 Å². The first-order valence-corrected chi connectivity index (χ1v) is 9.76. The van der Waals surface area contributed by atoms with Crippen LogP contribution in [-0.2, 0) is 25.6 Å². The Kier molecular flexibility index (Phi) is 10.2. The van der Waals surface area contributed by atoms with E-state index in [9.17, 15) is 34.5 Å². The molecule has 0 spiro atoms. The fourth-order valence-corrected chi connectivity index (χ4v) is 2.67. The molecule has 0 aliphatic heterocycles. The Morgan fingerprint density at radius 2 is 1.34 bits per heavy atom. The molecule has 14 heteroatoms.